The van der Waals surface area contributed by atoms with Crippen LogP contribution in [0.4, 0.5) is 5.69 Å². The zero-order valence-electron chi connectivity index (χ0n) is 16.3. The molecule has 0 saturated heterocycles. The highest BCUT2D eigenvalue weighted by Gasteiger charge is 2.19. The molecule has 0 saturated carbocycles. The Bertz CT molecular complexity index is 1140. The van der Waals surface area contributed by atoms with Crippen molar-refractivity contribution in [1.29, 1.82) is 0 Å². The van der Waals surface area contributed by atoms with Crippen LogP contribution in [0.3, 0.4) is 0 Å². The summed E-state index contributed by atoms with van der Waals surface area (Å²) in [6.07, 6.45) is 0. The van der Waals surface area contributed by atoms with Gasteiger partial charge in [0.2, 0.25) is 0 Å². The molecule has 0 fully saturated rings. The standard InChI is InChI=1S/C21H18BrClN2O4S/c1-27-16-10-15(17(28-2)9-14(16)23)24-21(30)25-20(26)13-8-11-6-4-5-7-12(11)18(22)19(13)29-3/h4-10H,1-3H3,(H2,24,25,26,30). The first-order chi connectivity index (χ1) is 14.4. The maximum Gasteiger partial charge on any atom is 0.261 e. The van der Waals surface area contributed by atoms with E-state index < -0.39 is 5.91 Å². The fraction of sp³-hybridized carbons (Fsp3) is 0.143. The topological polar surface area (TPSA) is 68.8 Å². The van der Waals surface area contributed by atoms with Gasteiger partial charge in [-0.2, -0.15) is 0 Å². The minimum Gasteiger partial charge on any atom is -0.495 e. The number of anilines is 1. The van der Waals surface area contributed by atoms with Crippen LogP contribution in [-0.2, 0) is 0 Å². The number of ether oxygens (including phenoxy) is 3. The maximum atomic E-state index is 12.9. The molecule has 0 unspecified atom stereocenters. The molecule has 0 heterocycles. The number of benzene rings is 3. The van der Waals surface area contributed by atoms with Crippen LogP contribution >= 0.6 is 39.7 Å². The third-order valence-corrected chi connectivity index (χ3v) is 5.63. The number of methoxy groups -OCH3 is 3. The number of carbonyl (C=O) groups is 1. The number of hydrogen-bond acceptors (Lipinski definition) is 5. The van der Waals surface area contributed by atoms with E-state index in [1.54, 1.807) is 18.2 Å². The average Bonchev–Trinajstić information content (AvgIpc) is 2.74. The molecule has 0 atom stereocenters. The summed E-state index contributed by atoms with van der Waals surface area (Å²) in [6, 6.07) is 12.6. The van der Waals surface area contributed by atoms with E-state index in [-0.39, 0.29) is 5.11 Å². The Labute approximate surface area is 192 Å². The average molecular weight is 510 g/mol. The molecule has 0 aliphatic carbocycles. The summed E-state index contributed by atoms with van der Waals surface area (Å²) < 4.78 is 16.7. The van der Waals surface area contributed by atoms with E-state index in [2.05, 4.69) is 26.6 Å². The molecule has 30 heavy (non-hydrogen) atoms. The van der Waals surface area contributed by atoms with Crippen molar-refractivity contribution in [2.24, 2.45) is 0 Å². The third kappa shape index (κ3) is 4.45. The third-order valence-electron chi connectivity index (χ3n) is 4.34. The van der Waals surface area contributed by atoms with E-state index >= 15 is 0 Å². The highest BCUT2D eigenvalue weighted by Crippen LogP contribution is 2.37. The molecule has 9 heteroatoms. The quantitative estimate of drug-likeness (QED) is 0.448. The molecule has 0 aliphatic rings. The molecular weight excluding hydrogens is 492 g/mol. The molecule has 6 nitrogen and oxygen atoms in total. The van der Waals surface area contributed by atoms with Gasteiger partial charge in [0.25, 0.3) is 5.91 Å². The number of halogens is 2. The number of carbonyl (C=O) groups excluding carboxylic acids is 1. The van der Waals surface area contributed by atoms with Crippen LogP contribution < -0.4 is 24.8 Å². The predicted molar refractivity (Wildman–Crippen MR) is 126 cm³/mol. The second-order valence-corrected chi connectivity index (χ2v) is 7.70. The summed E-state index contributed by atoms with van der Waals surface area (Å²) >= 11 is 15.0. The Hall–Kier alpha value is -2.55. The zero-order valence-corrected chi connectivity index (χ0v) is 19.5. The van der Waals surface area contributed by atoms with E-state index in [1.807, 2.05) is 24.3 Å². The van der Waals surface area contributed by atoms with Crippen molar-refractivity contribution < 1.29 is 19.0 Å². The Morgan fingerprint density at radius 2 is 1.73 bits per heavy atom. The number of nitrogens with one attached hydrogen (secondary N) is 2. The van der Waals surface area contributed by atoms with Crippen LogP contribution in [0.1, 0.15) is 10.4 Å². The van der Waals surface area contributed by atoms with Gasteiger partial charge in [-0.15, -0.1) is 0 Å². The van der Waals surface area contributed by atoms with Crippen molar-refractivity contribution in [2.75, 3.05) is 26.6 Å². The molecule has 0 spiro atoms. The first-order valence-corrected chi connectivity index (χ1v) is 10.3. The molecular formula is C21H18BrClN2O4S. The molecule has 0 aromatic heterocycles. The van der Waals surface area contributed by atoms with Gasteiger partial charge in [0.05, 0.1) is 42.1 Å². The minimum atomic E-state index is -0.421. The molecule has 0 aliphatic heterocycles. The van der Waals surface area contributed by atoms with Crippen molar-refractivity contribution in [1.82, 2.24) is 5.32 Å². The summed E-state index contributed by atoms with van der Waals surface area (Å²) in [5.74, 6) is 0.882. The monoisotopic (exact) mass is 508 g/mol. The van der Waals surface area contributed by atoms with Crippen LogP contribution in [0.2, 0.25) is 5.02 Å². The van der Waals surface area contributed by atoms with E-state index in [0.717, 1.165) is 10.8 Å². The highest BCUT2D eigenvalue weighted by atomic mass is 79.9. The lowest BCUT2D eigenvalue weighted by molar-refractivity contribution is 0.0975. The number of thiocarbonyl (C=S) groups is 1. The zero-order chi connectivity index (χ0) is 21.8. The molecule has 3 aromatic carbocycles. The molecule has 1 amide bonds. The first kappa shape index (κ1) is 22.1. The van der Waals surface area contributed by atoms with Crippen LogP contribution in [0.5, 0.6) is 17.2 Å². The van der Waals surface area contributed by atoms with Crippen LogP contribution in [-0.4, -0.2) is 32.3 Å². The number of amides is 1. The van der Waals surface area contributed by atoms with E-state index in [4.69, 9.17) is 38.0 Å². The van der Waals surface area contributed by atoms with Crippen molar-refractivity contribution in [3.8, 4) is 17.2 Å². The van der Waals surface area contributed by atoms with Gasteiger partial charge in [0, 0.05) is 12.1 Å². The second-order valence-electron chi connectivity index (χ2n) is 6.09. The SMILES string of the molecule is COc1cc(NC(=S)NC(=O)c2cc3ccccc3c(Br)c2OC)c(OC)cc1Cl. The molecule has 156 valence electrons. The number of hydrogen-bond donors (Lipinski definition) is 2. The Morgan fingerprint density at radius 1 is 1.03 bits per heavy atom. The van der Waals surface area contributed by atoms with Crippen LogP contribution in [0, 0.1) is 0 Å². The molecule has 3 aromatic rings. The van der Waals surface area contributed by atoms with E-state index in [9.17, 15) is 4.79 Å². The van der Waals surface area contributed by atoms with Gasteiger partial charge in [-0.1, -0.05) is 35.9 Å². The molecule has 2 N–H and O–H groups in total. The molecule has 3 rings (SSSR count). The van der Waals surface area contributed by atoms with Crippen molar-refractivity contribution >= 4 is 67.2 Å². The Morgan fingerprint density at radius 3 is 2.40 bits per heavy atom. The summed E-state index contributed by atoms with van der Waals surface area (Å²) in [5, 5.41) is 7.89. The van der Waals surface area contributed by atoms with E-state index in [0.29, 0.717) is 38.0 Å². The minimum absolute atomic E-state index is 0.0778. The van der Waals surface area contributed by atoms with Gasteiger partial charge in [0.1, 0.15) is 17.2 Å². The van der Waals surface area contributed by atoms with E-state index in [1.165, 1.54) is 21.3 Å². The molecule has 0 bridgehead atoms. The van der Waals surface area contributed by atoms with Gasteiger partial charge in [-0.05, 0) is 45.0 Å². The summed E-state index contributed by atoms with van der Waals surface area (Å²) in [7, 11) is 4.51. The second kappa shape index (κ2) is 9.51. The Kier molecular flexibility index (Phi) is 7.02. The fourth-order valence-corrected chi connectivity index (χ4v) is 4.10. The summed E-state index contributed by atoms with van der Waals surface area (Å²) in [4.78, 5) is 12.9. The van der Waals surface area contributed by atoms with Gasteiger partial charge in [-0.25, -0.2) is 0 Å². The lowest BCUT2D eigenvalue weighted by Gasteiger charge is -2.16. The van der Waals surface area contributed by atoms with Gasteiger partial charge < -0.3 is 19.5 Å². The smallest absolute Gasteiger partial charge is 0.261 e. The van der Waals surface area contributed by atoms with Gasteiger partial charge >= 0.3 is 0 Å². The lowest BCUT2D eigenvalue weighted by atomic mass is 10.1. The Balaban J connectivity index is 1.87. The summed E-state index contributed by atoms with van der Waals surface area (Å²) in [5.41, 5.74) is 0.837. The van der Waals surface area contributed by atoms with Crippen LogP contribution in [0.15, 0.2) is 46.9 Å². The largest absolute Gasteiger partial charge is 0.495 e. The number of fused-ring (bicyclic) bond motifs is 1. The fourth-order valence-electron chi connectivity index (χ4n) is 2.93. The number of rotatable bonds is 5. The van der Waals surface area contributed by atoms with Gasteiger partial charge in [-0.3, -0.25) is 10.1 Å². The van der Waals surface area contributed by atoms with Crippen molar-refractivity contribution in [3.63, 3.8) is 0 Å². The van der Waals surface area contributed by atoms with Crippen LogP contribution in [0.25, 0.3) is 10.8 Å². The lowest BCUT2D eigenvalue weighted by Crippen LogP contribution is -2.34. The first-order valence-electron chi connectivity index (χ1n) is 8.68. The van der Waals surface area contributed by atoms with Crippen molar-refractivity contribution in [2.45, 2.75) is 0 Å². The van der Waals surface area contributed by atoms with Crippen molar-refractivity contribution in [3.05, 3.63) is 57.5 Å². The maximum absolute atomic E-state index is 12.9. The normalized spacial score (nSPS) is 10.4. The summed E-state index contributed by atoms with van der Waals surface area (Å²) in [6.45, 7) is 0. The van der Waals surface area contributed by atoms with Gasteiger partial charge in [0.15, 0.2) is 5.11 Å². The molecule has 0 radical (unpaired) electrons. The highest BCUT2D eigenvalue weighted by molar-refractivity contribution is 9.10. The predicted octanol–water partition coefficient (Wildman–Crippen LogP) is 5.41.